The zero-order valence-electron chi connectivity index (χ0n) is 23.5. The van der Waals surface area contributed by atoms with Crippen LogP contribution >= 0.6 is 0 Å². The zero-order chi connectivity index (χ0) is 25.9. The maximum atomic E-state index is 9.56. The molecule has 9 nitrogen and oxygen atoms in total. The van der Waals surface area contributed by atoms with Crippen molar-refractivity contribution in [1.82, 2.24) is 19.9 Å². The van der Waals surface area contributed by atoms with Gasteiger partial charge in [-0.1, -0.05) is 12.0 Å². The van der Waals surface area contributed by atoms with E-state index >= 15 is 0 Å². The number of pyridine rings is 1. The molecule has 1 aliphatic rings. The Labute approximate surface area is 239 Å². The average molecular weight is 512 g/mol. The Kier molecular flexibility index (Phi) is 14.6. The topological polar surface area (TPSA) is 119 Å². The van der Waals surface area contributed by atoms with Gasteiger partial charge in [-0.25, -0.2) is 4.98 Å². The maximum absolute atomic E-state index is 9.56. The molecule has 0 unspecified atom stereocenters. The minimum Gasteiger partial charge on any atom is -0.878 e. The molecule has 4 bridgehead atoms. The number of rotatable bonds is 9. The number of allylic oxidation sites excluding steroid dienone is 3. The van der Waals surface area contributed by atoms with Crippen molar-refractivity contribution in [2.45, 2.75) is 52.1 Å². The van der Waals surface area contributed by atoms with Gasteiger partial charge in [-0.15, -0.1) is 5.57 Å². The van der Waals surface area contributed by atoms with Crippen LogP contribution in [0, 0.1) is 19.1 Å². The van der Waals surface area contributed by atoms with Gasteiger partial charge < -0.3 is 49.1 Å². The summed E-state index contributed by atoms with van der Waals surface area (Å²) >= 11 is 0. The van der Waals surface area contributed by atoms with Crippen molar-refractivity contribution in [3.63, 3.8) is 0 Å². The van der Waals surface area contributed by atoms with Gasteiger partial charge in [0.05, 0.1) is 12.7 Å². The van der Waals surface area contributed by atoms with Crippen molar-refractivity contribution in [1.29, 1.82) is 5.41 Å². The molecule has 0 aliphatic carbocycles. The van der Waals surface area contributed by atoms with Gasteiger partial charge in [0.25, 0.3) is 0 Å². The number of fused-ring (bicyclic) bond motifs is 4. The molecular formula is C28H38LiN7O2-2. The summed E-state index contributed by atoms with van der Waals surface area (Å²) < 4.78 is 11.8. The van der Waals surface area contributed by atoms with Gasteiger partial charge in [0.2, 0.25) is 0 Å². The van der Waals surface area contributed by atoms with Crippen molar-refractivity contribution in [3.05, 3.63) is 60.6 Å². The first-order valence-electron chi connectivity index (χ1n) is 12.3. The number of ether oxygens (including phenoxy) is 2. The molecule has 1 atom stereocenters. The molecule has 0 saturated carbocycles. The van der Waals surface area contributed by atoms with Crippen LogP contribution in [-0.4, -0.2) is 65.6 Å². The standard InChI is InChI=1S/C27H35N7O2.CH3.Li/c1-19(8-6-5-7-12-34(3)4)22(16-29)23-17-31-26-14-24(23)36-20(2)10-13-35-18-21(15-28)27-30-11-9-25(32-26)33-27;;/h9,11,14-17,20,29H,5-8,10,12-13H2,1-4H3,(H,30,31,32,33);1H3;/q-2;-1;+1/b22-19+,29-16?;;/t20-;;/m0../s1. The maximum Gasteiger partial charge on any atom is 1.00 e. The SMILES string of the molecule is C/C(CCCCCN(C)C)=C(/C=N)c1cnc2cc1O[C@@H](C)CCO[C-]=C(C=[N-])c1nccc(n1)N2.[CH3-].[Li+]. The summed E-state index contributed by atoms with van der Waals surface area (Å²) in [5, 5.41) is 20.9. The normalized spacial score (nSPS) is 15.6. The molecule has 2 aromatic heterocycles. The molecule has 1 aliphatic heterocycles. The third-order valence-electron chi connectivity index (χ3n) is 5.84. The number of hydrogen-bond acceptors (Lipinski definition) is 8. The summed E-state index contributed by atoms with van der Waals surface area (Å²) in [6.07, 6.45) is 13.0. The molecule has 3 heterocycles. The number of nitrogens with zero attached hydrogens (tertiary/aromatic N) is 5. The second-order valence-corrected chi connectivity index (χ2v) is 9.12. The summed E-state index contributed by atoms with van der Waals surface area (Å²) in [6, 6.07) is 3.53. The fourth-order valence-corrected chi connectivity index (χ4v) is 3.81. The van der Waals surface area contributed by atoms with Crippen molar-refractivity contribution in [2.24, 2.45) is 0 Å². The molecule has 0 radical (unpaired) electrons. The van der Waals surface area contributed by atoms with Gasteiger partial charge in [0.1, 0.15) is 17.4 Å². The molecule has 0 amide bonds. The van der Waals surface area contributed by atoms with Crippen LogP contribution < -0.4 is 28.9 Å². The molecule has 0 aromatic carbocycles. The van der Waals surface area contributed by atoms with E-state index in [2.05, 4.69) is 52.4 Å². The second kappa shape index (κ2) is 16.8. The van der Waals surface area contributed by atoms with E-state index < -0.39 is 0 Å². The Morgan fingerprint density at radius 2 is 2.05 bits per heavy atom. The molecule has 0 spiro atoms. The van der Waals surface area contributed by atoms with Crippen LogP contribution in [0.3, 0.4) is 0 Å². The predicted octanol–water partition coefficient (Wildman–Crippen LogP) is 2.59. The quantitative estimate of drug-likeness (QED) is 0.230. The van der Waals surface area contributed by atoms with Crippen LogP contribution in [0.15, 0.2) is 30.1 Å². The summed E-state index contributed by atoms with van der Waals surface area (Å²) in [5.74, 6) is 1.96. The van der Waals surface area contributed by atoms with Crippen LogP contribution in [-0.2, 0) is 4.74 Å². The van der Waals surface area contributed by atoms with Gasteiger partial charge in [-0.2, -0.15) is 0 Å². The van der Waals surface area contributed by atoms with E-state index in [1.165, 1.54) is 6.21 Å². The van der Waals surface area contributed by atoms with Gasteiger partial charge in [0.15, 0.2) is 0 Å². The van der Waals surface area contributed by atoms with Crippen LogP contribution in [0.5, 0.6) is 5.75 Å². The molecule has 38 heavy (non-hydrogen) atoms. The number of hydrogen-bond donors (Lipinski definition) is 2. The zero-order valence-corrected chi connectivity index (χ0v) is 23.5. The molecular weight excluding hydrogens is 473 g/mol. The summed E-state index contributed by atoms with van der Waals surface area (Å²) in [4.78, 5) is 15.4. The minimum absolute atomic E-state index is 0. The van der Waals surface area contributed by atoms with E-state index in [1.807, 2.05) is 13.0 Å². The number of unbranched alkanes of at least 4 members (excludes halogenated alkanes) is 2. The predicted molar refractivity (Wildman–Crippen MR) is 151 cm³/mol. The molecule has 2 aromatic rings. The number of aromatic nitrogens is 3. The average Bonchev–Trinajstić information content (AvgIpc) is 2.85. The van der Waals surface area contributed by atoms with Gasteiger partial charge in [0, 0.05) is 54.3 Å². The Morgan fingerprint density at radius 3 is 2.76 bits per heavy atom. The first-order chi connectivity index (χ1) is 17.4. The Morgan fingerprint density at radius 1 is 1.26 bits per heavy atom. The largest absolute Gasteiger partial charge is 1.00 e. The van der Waals surface area contributed by atoms with Crippen molar-refractivity contribution in [2.75, 3.05) is 32.6 Å². The molecule has 0 saturated heterocycles. The minimum atomic E-state index is -0.169. The first-order valence-corrected chi connectivity index (χ1v) is 12.3. The molecule has 10 heteroatoms. The second-order valence-electron chi connectivity index (χ2n) is 9.12. The smallest absolute Gasteiger partial charge is 0.878 e. The van der Waals surface area contributed by atoms with Gasteiger partial charge in [-0.3, -0.25) is 4.98 Å². The van der Waals surface area contributed by atoms with Crippen LogP contribution in [0.1, 0.15) is 57.3 Å². The number of nitrogens with one attached hydrogen (secondary N) is 2. The van der Waals surface area contributed by atoms with Gasteiger partial charge >= 0.3 is 18.9 Å². The van der Waals surface area contributed by atoms with E-state index in [4.69, 9.17) is 14.9 Å². The Balaban J connectivity index is 0.00000361. The molecule has 2 N–H and O–H groups in total. The van der Waals surface area contributed by atoms with Crippen molar-refractivity contribution >= 4 is 35.2 Å². The third kappa shape index (κ3) is 9.71. The van der Waals surface area contributed by atoms with Gasteiger partial charge in [-0.05, 0) is 59.8 Å². The molecule has 200 valence electrons. The third-order valence-corrected chi connectivity index (χ3v) is 5.84. The molecule has 3 rings (SSSR count). The molecule has 0 fully saturated rings. The van der Waals surface area contributed by atoms with E-state index in [9.17, 15) is 5.41 Å². The van der Waals surface area contributed by atoms with Crippen molar-refractivity contribution in [3.8, 4) is 5.75 Å². The van der Waals surface area contributed by atoms with E-state index in [1.54, 1.807) is 18.5 Å². The summed E-state index contributed by atoms with van der Waals surface area (Å²) in [7, 11) is 4.18. The number of anilines is 2. The van der Waals surface area contributed by atoms with E-state index in [0.717, 1.165) is 55.2 Å². The van der Waals surface area contributed by atoms with Crippen LogP contribution in [0.4, 0.5) is 11.6 Å². The summed E-state index contributed by atoms with van der Waals surface area (Å²) in [5.41, 5.74) is 2.99. The fraction of sp³-hybridized carbons (Fsp3) is 0.429. The van der Waals surface area contributed by atoms with E-state index in [-0.39, 0.29) is 43.8 Å². The van der Waals surface area contributed by atoms with E-state index in [0.29, 0.717) is 30.4 Å². The van der Waals surface area contributed by atoms with Crippen LogP contribution in [0.2, 0.25) is 0 Å². The first kappa shape index (κ1) is 33.0. The Hall–Kier alpha value is -2.99. The Bertz CT molecular complexity index is 1120. The fourth-order valence-electron chi connectivity index (χ4n) is 3.81. The van der Waals surface area contributed by atoms with Crippen molar-refractivity contribution < 1.29 is 28.3 Å². The van der Waals surface area contributed by atoms with Crippen LogP contribution in [0.25, 0.3) is 16.6 Å². The summed E-state index contributed by atoms with van der Waals surface area (Å²) in [6.45, 7) is 5.46. The monoisotopic (exact) mass is 511 g/mol.